The molecule has 0 radical (unpaired) electrons. The minimum absolute atomic E-state index is 0.0242. The third-order valence-corrected chi connectivity index (χ3v) is 4.82. The van der Waals surface area contributed by atoms with Crippen molar-refractivity contribution in [3.8, 4) is 11.3 Å². The predicted molar refractivity (Wildman–Crippen MR) is 106 cm³/mol. The fourth-order valence-corrected chi connectivity index (χ4v) is 3.53. The Labute approximate surface area is 174 Å². The second-order valence-corrected chi connectivity index (χ2v) is 6.76. The van der Waals surface area contributed by atoms with E-state index in [0.29, 0.717) is 11.3 Å². The lowest BCUT2D eigenvalue weighted by Crippen LogP contribution is -2.22. The Morgan fingerprint density at radius 1 is 1.21 bits per heavy atom. The average Bonchev–Trinajstić information content (AvgIpc) is 3.36. The van der Waals surface area contributed by atoms with Crippen molar-refractivity contribution in [3.63, 3.8) is 0 Å². The fourth-order valence-electron chi connectivity index (χ4n) is 2.38. The molecule has 3 rings (SSSR count). The Hall–Kier alpha value is -3.17. The molecular formula is C19H15ClN2O6S. The Bertz CT molecular complexity index is 1030. The van der Waals surface area contributed by atoms with Crippen molar-refractivity contribution in [1.82, 2.24) is 4.98 Å². The zero-order valence-corrected chi connectivity index (χ0v) is 16.7. The smallest absolute Gasteiger partial charge is 0.341 e. The SMILES string of the molecule is CCOC(=O)c1c(-c2ccco2)csc1NC(=O)COC(=O)c1cccnc1Cl. The number of aromatic nitrogens is 1. The van der Waals surface area contributed by atoms with E-state index in [1.54, 1.807) is 24.4 Å². The van der Waals surface area contributed by atoms with E-state index in [1.807, 2.05) is 0 Å². The van der Waals surface area contributed by atoms with E-state index in [-0.39, 0.29) is 27.9 Å². The summed E-state index contributed by atoms with van der Waals surface area (Å²) in [4.78, 5) is 40.5. The molecule has 10 heteroatoms. The van der Waals surface area contributed by atoms with Crippen LogP contribution in [0, 0.1) is 0 Å². The van der Waals surface area contributed by atoms with Crippen molar-refractivity contribution in [2.45, 2.75) is 6.92 Å². The van der Waals surface area contributed by atoms with E-state index in [0.717, 1.165) is 11.3 Å². The molecule has 0 aromatic carbocycles. The van der Waals surface area contributed by atoms with Gasteiger partial charge in [0, 0.05) is 17.1 Å². The van der Waals surface area contributed by atoms with Gasteiger partial charge in [0.1, 0.15) is 21.5 Å². The maximum atomic E-state index is 12.4. The van der Waals surface area contributed by atoms with Crippen molar-refractivity contribution < 1.29 is 28.3 Å². The first-order valence-corrected chi connectivity index (χ1v) is 9.67. The second-order valence-electron chi connectivity index (χ2n) is 5.52. The first-order chi connectivity index (χ1) is 14.0. The molecule has 0 aliphatic rings. The lowest BCUT2D eigenvalue weighted by atomic mass is 10.1. The molecule has 0 unspecified atom stereocenters. The molecule has 0 spiro atoms. The number of thiophene rings is 1. The Morgan fingerprint density at radius 3 is 2.72 bits per heavy atom. The van der Waals surface area contributed by atoms with Gasteiger partial charge in [0.15, 0.2) is 6.61 Å². The van der Waals surface area contributed by atoms with Crippen LogP contribution in [0.3, 0.4) is 0 Å². The van der Waals surface area contributed by atoms with Crippen LogP contribution in [0.2, 0.25) is 5.15 Å². The lowest BCUT2D eigenvalue weighted by Gasteiger charge is -2.08. The second kappa shape index (κ2) is 9.35. The summed E-state index contributed by atoms with van der Waals surface area (Å²) < 4.78 is 15.4. The number of hydrogen-bond donors (Lipinski definition) is 1. The van der Waals surface area contributed by atoms with Crippen LogP contribution < -0.4 is 5.32 Å². The topological polar surface area (TPSA) is 108 Å². The van der Waals surface area contributed by atoms with Crippen molar-refractivity contribution in [2.75, 3.05) is 18.5 Å². The Balaban J connectivity index is 1.72. The van der Waals surface area contributed by atoms with E-state index in [9.17, 15) is 14.4 Å². The van der Waals surface area contributed by atoms with Crippen molar-refractivity contribution >= 4 is 45.8 Å². The van der Waals surface area contributed by atoms with Crippen molar-refractivity contribution in [3.05, 3.63) is 58.4 Å². The number of ether oxygens (including phenoxy) is 2. The number of amides is 1. The van der Waals surface area contributed by atoms with Crippen LogP contribution in [-0.4, -0.2) is 36.0 Å². The number of anilines is 1. The molecule has 0 aliphatic carbocycles. The largest absolute Gasteiger partial charge is 0.464 e. The number of nitrogens with one attached hydrogen (secondary N) is 1. The maximum absolute atomic E-state index is 12.4. The Morgan fingerprint density at radius 2 is 2.03 bits per heavy atom. The molecule has 3 aromatic rings. The summed E-state index contributed by atoms with van der Waals surface area (Å²) in [6.45, 7) is 1.28. The van der Waals surface area contributed by atoms with E-state index in [2.05, 4.69) is 10.3 Å². The highest BCUT2D eigenvalue weighted by molar-refractivity contribution is 7.15. The van der Waals surface area contributed by atoms with Gasteiger partial charge in [-0.05, 0) is 31.2 Å². The zero-order chi connectivity index (χ0) is 20.8. The molecule has 0 atom stereocenters. The molecule has 0 saturated heterocycles. The van der Waals surface area contributed by atoms with Gasteiger partial charge in [0.2, 0.25) is 0 Å². The van der Waals surface area contributed by atoms with Crippen LogP contribution in [0.15, 0.2) is 46.5 Å². The quantitative estimate of drug-likeness (QED) is 0.441. The third-order valence-electron chi connectivity index (χ3n) is 3.62. The van der Waals surface area contributed by atoms with Gasteiger partial charge in [-0.2, -0.15) is 0 Å². The number of carbonyl (C=O) groups excluding carboxylic acids is 3. The monoisotopic (exact) mass is 434 g/mol. The van der Waals surface area contributed by atoms with Crippen molar-refractivity contribution in [2.24, 2.45) is 0 Å². The highest BCUT2D eigenvalue weighted by Crippen LogP contribution is 2.36. The summed E-state index contributed by atoms with van der Waals surface area (Å²) in [6.07, 6.45) is 2.90. The van der Waals surface area contributed by atoms with E-state index in [1.165, 1.54) is 24.6 Å². The molecule has 1 N–H and O–H groups in total. The van der Waals surface area contributed by atoms with Crippen LogP contribution in [0.4, 0.5) is 5.00 Å². The average molecular weight is 435 g/mol. The molecule has 150 valence electrons. The van der Waals surface area contributed by atoms with E-state index < -0.39 is 24.5 Å². The summed E-state index contributed by atoms with van der Waals surface area (Å²) >= 11 is 6.96. The summed E-state index contributed by atoms with van der Waals surface area (Å²) in [5.41, 5.74) is 0.708. The van der Waals surface area contributed by atoms with E-state index >= 15 is 0 Å². The van der Waals surface area contributed by atoms with Crippen LogP contribution in [0.1, 0.15) is 27.6 Å². The molecule has 0 saturated carbocycles. The van der Waals surface area contributed by atoms with Gasteiger partial charge in [-0.25, -0.2) is 14.6 Å². The van der Waals surface area contributed by atoms with Crippen LogP contribution in [-0.2, 0) is 14.3 Å². The normalized spacial score (nSPS) is 10.4. The van der Waals surface area contributed by atoms with Gasteiger partial charge in [-0.1, -0.05) is 11.6 Å². The van der Waals surface area contributed by atoms with Crippen LogP contribution in [0.5, 0.6) is 0 Å². The molecule has 3 aromatic heterocycles. The molecule has 0 aliphatic heterocycles. The van der Waals surface area contributed by atoms with Gasteiger partial charge >= 0.3 is 11.9 Å². The number of esters is 2. The van der Waals surface area contributed by atoms with Crippen LogP contribution in [0.25, 0.3) is 11.3 Å². The number of nitrogens with zero attached hydrogens (tertiary/aromatic N) is 1. The lowest BCUT2D eigenvalue weighted by molar-refractivity contribution is -0.119. The van der Waals surface area contributed by atoms with E-state index in [4.69, 9.17) is 25.5 Å². The first-order valence-electron chi connectivity index (χ1n) is 8.41. The summed E-state index contributed by atoms with van der Waals surface area (Å²) in [7, 11) is 0. The summed E-state index contributed by atoms with van der Waals surface area (Å²) in [5, 5.41) is 4.47. The highest BCUT2D eigenvalue weighted by Gasteiger charge is 2.24. The number of pyridine rings is 1. The highest BCUT2D eigenvalue weighted by atomic mass is 35.5. The van der Waals surface area contributed by atoms with Crippen LogP contribution >= 0.6 is 22.9 Å². The molecule has 29 heavy (non-hydrogen) atoms. The van der Waals surface area contributed by atoms with Gasteiger partial charge < -0.3 is 19.2 Å². The van der Waals surface area contributed by atoms with Gasteiger partial charge in [-0.3, -0.25) is 4.79 Å². The molecular weight excluding hydrogens is 420 g/mol. The standard InChI is InChI=1S/C19H15ClN2O6S/c1-2-26-19(25)15-12(13-6-4-8-27-13)10-29-17(15)22-14(23)9-28-18(24)11-5-3-7-21-16(11)20/h3-8,10H,2,9H2,1H3,(H,22,23). The fraction of sp³-hybridized carbons (Fsp3) is 0.158. The van der Waals surface area contributed by atoms with Crippen molar-refractivity contribution in [1.29, 1.82) is 0 Å². The molecule has 3 heterocycles. The molecule has 1 amide bonds. The number of carbonyl (C=O) groups is 3. The Kier molecular flexibility index (Phi) is 6.63. The first kappa shape index (κ1) is 20.6. The van der Waals surface area contributed by atoms with Gasteiger partial charge in [0.25, 0.3) is 5.91 Å². The molecule has 0 bridgehead atoms. The number of halogens is 1. The zero-order valence-electron chi connectivity index (χ0n) is 15.1. The summed E-state index contributed by atoms with van der Waals surface area (Å²) in [5.74, 6) is -1.56. The predicted octanol–water partition coefficient (Wildman–Crippen LogP) is 4.03. The summed E-state index contributed by atoms with van der Waals surface area (Å²) in [6, 6.07) is 6.33. The molecule has 0 fully saturated rings. The minimum atomic E-state index is -0.786. The number of furan rings is 1. The van der Waals surface area contributed by atoms with Gasteiger partial charge in [-0.15, -0.1) is 11.3 Å². The van der Waals surface area contributed by atoms with Gasteiger partial charge in [0.05, 0.1) is 18.4 Å². The maximum Gasteiger partial charge on any atom is 0.341 e. The number of hydrogen-bond acceptors (Lipinski definition) is 8. The minimum Gasteiger partial charge on any atom is -0.464 e. The third kappa shape index (κ3) is 4.82. The molecule has 8 nitrogen and oxygen atoms in total. The number of rotatable bonds is 7.